The Balaban J connectivity index is 0. The van der Waals surface area contributed by atoms with Gasteiger partial charge in [0.2, 0.25) is 0 Å². The van der Waals surface area contributed by atoms with Crippen LogP contribution in [0.25, 0.3) is 0 Å². The van der Waals surface area contributed by atoms with Crippen molar-refractivity contribution in [3.05, 3.63) is 101 Å². The quantitative estimate of drug-likeness (QED) is 0.325. The molecule has 3 aromatic rings. The van der Waals surface area contributed by atoms with Gasteiger partial charge in [0.25, 0.3) is 0 Å². The van der Waals surface area contributed by atoms with Gasteiger partial charge < -0.3 is 0 Å². The molecule has 1 aromatic heterocycles. The molecule has 0 aliphatic carbocycles. The number of aromatic nitrogens is 1. The molecule has 0 aliphatic rings. The lowest BCUT2D eigenvalue weighted by Crippen LogP contribution is -2.15. The van der Waals surface area contributed by atoms with E-state index in [9.17, 15) is 4.79 Å². The van der Waals surface area contributed by atoms with E-state index in [1.165, 1.54) is 40.7 Å². The molecular weight excluding hydrogens is 486 g/mol. The topological polar surface area (TPSA) is 30.0 Å². The summed E-state index contributed by atoms with van der Waals surface area (Å²) < 4.78 is 0. The number of benzene rings is 2. The molecule has 0 atom stereocenters. The van der Waals surface area contributed by atoms with E-state index >= 15 is 0 Å². The van der Waals surface area contributed by atoms with Crippen molar-refractivity contribution in [3.63, 3.8) is 0 Å². The lowest BCUT2D eigenvalue weighted by molar-refractivity contribution is -0.124. The van der Waals surface area contributed by atoms with E-state index in [0.29, 0.717) is 5.92 Å². The van der Waals surface area contributed by atoms with Crippen molar-refractivity contribution in [2.45, 2.75) is 128 Å². The maximum Gasteiger partial charge on any atom is 0.135 e. The first-order chi connectivity index (χ1) is 18.6. The fraction of sp³-hybridized carbons (Fsp3) is 0.526. The standard InChI is InChI=1S/C13H20.C10H14.C7H9N.C6H12O.C2H6/c1-10(2)11-6-8-12(9-7-11)13(3,4)5;1-3-4-10-7-5-9(2)6-8-10;1-2-7-4-3-5-8-6-7;1-5(7)6(2,3)4;1-2/h6-10H,1-5H3;5-8H,3-4H2,1-2H3;3-6H,2H2,1H3;1-4H3;1-2H3. The van der Waals surface area contributed by atoms with Gasteiger partial charge in [-0.15, -0.1) is 0 Å². The van der Waals surface area contributed by atoms with E-state index in [0.717, 1.165) is 6.42 Å². The van der Waals surface area contributed by atoms with Gasteiger partial charge in [-0.05, 0) is 66.3 Å². The van der Waals surface area contributed by atoms with Crippen LogP contribution < -0.4 is 0 Å². The molecule has 1 heterocycles. The highest BCUT2D eigenvalue weighted by molar-refractivity contribution is 5.80. The fourth-order valence-electron chi connectivity index (χ4n) is 3.02. The summed E-state index contributed by atoms with van der Waals surface area (Å²) in [6.45, 7) is 29.0. The summed E-state index contributed by atoms with van der Waals surface area (Å²) in [6, 6.07) is 21.8. The monoisotopic (exact) mass is 547 g/mol. The molecule has 0 saturated heterocycles. The fourth-order valence-corrected chi connectivity index (χ4v) is 3.02. The normalized spacial score (nSPS) is 10.4. The minimum Gasteiger partial charge on any atom is -0.299 e. The van der Waals surface area contributed by atoms with Gasteiger partial charge in [0.1, 0.15) is 5.78 Å². The van der Waals surface area contributed by atoms with Crippen molar-refractivity contribution in [2.75, 3.05) is 0 Å². The summed E-state index contributed by atoms with van der Waals surface area (Å²) >= 11 is 0. The zero-order valence-electron chi connectivity index (χ0n) is 28.5. The Hall–Kier alpha value is -2.74. The van der Waals surface area contributed by atoms with E-state index < -0.39 is 0 Å². The zero-order valence-corrected chi connectivity index (χ0v) is 28.5. The molecular formula is C38H61NO. The highest BCUT2D eigenvalue weighted by Gasteiger charge is 2.15. The Morgan fingerprint density at radius 2 is 1.30 bits per heavy atom. The molecule has 0 N–H and O–H groups in total. The molecule has 0 bridgehead atoms. The third-order valence-electron chi connectivity index (χ3n) is 6.29. The largest absolute Gasteiger partial charge is 0.299 e. The number of rotatable bonds is 4. The predicted molar refractivity (Wildman–Crippen MR) is 180 cm³/mol. The van der Waals surface area contributed by atoms with E-state index in [1.807, 2.05) is 46.9 Å². The first-order valence-electron chi connectivity index (χ1n) is 15.2. The molecule has 0 amide bonds. The smallest absolute Gasteiger partial charge is 0.135 e. The van der Waals surface area contributed by atoms with Crippen LogP contribution in [0.2, 0.25) is 0 Å². The summed E-state index contributed by atoms with van der Waals surface area (Å²) in [5, 5.41) is 0. The molecule has 0 fully saturated rings. The van der Waals surface area contributed by atoms with Crippen molar-refractivity contribution in [1.82, 2.24) is 4.98 Å². The van der Waals surface area contributed by atoms with Gasteiger partial charge in [-0.1, -0.05) is 150 Å². The second-order valence-electron chi connectivity index (χ2n) is 12.3. The predicted octanol–water partition coefficient (Wildman–Crippen LogP) is 11.3. The first-order valence-corrected chi connectivity index (χ1v) is 15.2. The van der Waals surface area contributed by atoms with Crippen LogP contribution in [-0.4, -0.2) is 10.8 Å². The van der Waals surface area contributed by atoms with Crippen LogP contribution in [0.5, 0.6) is 0 Å². The Morgan fingerprint density at radius 3 is 1.60 bits per heavy atom. The number of nitrogens with zero attached hydrogens (tertiary/aromatic N) is 1. The second kappa shape index (κ2) is 21.1. The molecule has 2 heteroatoms. The Labute approximate surface area is 249 Å². The second-order valence-corrected chi connectivity index (χ2v) is 12.3. The van der Waals surface area contributed by atoms with Crippen LogP contribution in [0.4, 0.5) is 0 Å². The van der Waals surface area contributed by atoms with Crippen molar-refractivity contribution in [1.29, 1.82) is 0 Å². The van der Waals surface area contributed by atoms with Crippen LogP contribution in [0.15, 0.2) is 73.1 Å². The highest BCUT2D eigenvalue weighted by Crippen LogP contribution is 2.24. The minimum absolute atomic E-state index is 0.139. The maximum atomic E-state index is 10.5. The van der Waals surface area contributed by atoms with Crippen LogP contribution in [0.1, 0.15) is 130 Å². The average Bonchev–Trinajstić information content (AvgIpc) is 2.92. The van der Waals surface area contributed by atoms with Crippen LogP contribution >= 0.6 is 0 Å². The van der Waals surface area contributed by atoms with Gasteiger partial charge in [0.15, 0.2) is 0 Å². The zero-order chi connectivity index (χ0) is 31.4. The molecule has 40 heavy (non-hydrogen) atoms. The van der Waals surface area contributed by atoms with E-state index in [-0.39, 0.29) is 16.6 Å². The van der Waals surface area contributed by atoms with Crippen LogP contribution in [0, 0.1) is 12.3 Å². The van der Waals surface area contributed by atoms with Crippen molar-refractivity contribution in [2.24, 2.45) is 5.41 Å². The van der Waals surface area contributed by atoms with Gasteiger partial charge >= 0.3 is 0 Å². The number of aryl methyl sites for hydroxylation is 3. The average molecular weight is 548 g/mol. The summed E-state index contributed by atoms with van der Waals surface area (Å²) in [5.41, 5.74) is 7.07. The van der Waals surface area contributed by atoms with Gasteiger partial charge in [0, 0.05) is 17.8 Å². The summed E-state index contributed by atoms with van der Waals surface area (Å²) in [6.07, 6.45) is 7.20. The number of pyridine rings is 1. The third-order valence-corrected chi connectivity index (χ3v) is 6.29. The summed E-state index contributed by atoms with van der Waals surface area (Å²) in [7, 11) is 0. The molecule has 2 nitrogen and oxygen atoms in total. The number of ketones is 1. The van der Waals surface area contributed by atoms with Crippen LogP contribution in [0.3, 0.4) is 0 Å². The minimum atomic E-state index is -0.139. The Bertz CT molecular complexity index is 1000. The number of hydrogen-bond acceptors (Lipinski definition) is 2. The molecule has 3 rings (SSSR count). The van der Waals surface area contributed by atoms with Gasteiger partial charge in [-0.25, -0.2) is 0 Å². The number of carbonyl (C=O) groups is 1. The van der Waals surface area contributed by atoms with Crippen molar-refractivity contribution >= 4 is 5.78 Å². The summed E-state index contributed by atoms with van der Waals surface area (Å²) in [5.74, 6) is 0.876. The third kappa shape index (κ3) is 19.3. The lowest BCUT2D eigenvalue weighted by Gasteiger charge is -2.19. The lowest BCUT2D eigenvalue weighted by atomic mass is 9.86. The van der Waals surface area contributed by atoms with Gasteiger partial charge in [-0.3, -0.25) is 9.78 Å². The molecule has 0 spiro atoms. The highest BCUT2D eigenvalue weighted by atomic mass is 16.1. The van der Waals surface area contributed by atoms with E-state index in [2.05, 4.69) is 115 Å². The van der Waals surface area contributed by atoms with Gasteiger partial charge in [0.05, 0.1) is 0 Å². The van der Waals surface area contributed by atoms with E-state index in [1.54, 1.807) is 13.1 Å². The Morgan fingerprint density at radius 1 is 0.800 bits per heavy atom. The molecule has 0 aliphatic heterocycles. The number of hydrogen-bond donors (Lipinski definition) is 0. The summed E-state index contributed by atoms with van der Waals surface area (Å²) in [4.78, 5) is 14.4. The molecule has 0 radical (unpaired) electrons. The first kappa shape index (κ1) is 39.4. The number of Topliss-reactive ketones (excluding diaryl/α,β-unsaturated/α-hetero) is 1. The molecule has 0 unspecified atom stereocenters. The maximum absolute atomic E-state index is 10.5. The molecule has 224 valence electrons. The van der Waals surface area contributed by atoms with Crippen molar-refractivity contribution in [3.8, 4) is 0 Å². The number of carbonyl (C=O) groups excluding carboxylic acids is 1. The van der Waals surface area contributed by atoms with E-state index in [4.69, 9.17) is 0 Å². The van der Waals surface area contributed by atoms with Crippen LogP contribution in [-0.2, 0) is 23.1 Å². The van der Waals surface area contributed by atoms with Crippen molar-refractivity contribution < 1.29 is 4.79 Å². The van der Waals surface area contributed by atoms with Gasteiger partial charge in [-0.2, -0.15) is 0 Å². The Kier molecular flexibility index (Phi) is 20.8. The SMILES string of the molecule is CC.CC(=O)C(C)(C)C.CC(C)c1ccc(C(C)(C)C)cc1.CCCc1ccc(C)cc1.CCc1cccnc1. The molecule has 2 aromatic carbocycles. The molecule has 0 saturated carbocycles.